The number of nitro groups is 1. The third-order valence-corrected chi connectivity index (χ3v) is 4.07. The molecule has 0 spiro atoms. The Kier molecular flexibility index (Phi) is 3.86. The zero-order chi connectivity index (χ0) is 14.0. The van der Waals surface area contributed by atoms with Gasteiger partial charge in [-0.2, -0.15) is 5.10 Å². The van der Waals surface area contributed by atoms with E-state index in [2.05, 4.69) is 22.7 Å². The molecule has 0 aliphatic carbocycles. The van der Waals surface area contributed by atoms with Crippen LogP contribution in [-0.2, 0) is 10.8 Å². The molecule has 1 unspecified atom stereocenters. The van der Waals surface area contributed by atoms with Crippen LogP contribution in [0, 0.1) is 10.1 Å². The summed E-state index contributed by atoms with van der Waals surface area (Å²) < 4.78 is 11.9. The Labute approximate surface area is 116 Å². The average molecular weight is 298 g/mol. The molecule has 1 aliphatic rings. The van der Waals surface area contributed by atoms with Crippen LogP contribution < -0.4 is 11.2 Å². The topological polar surface area (TPSA) is 111 Å². The van der Waals surface area contributed by atoms with Gasteiger partial charge in [0.15, 0.2) is 5.11 Å². The first-order valence-corrected chi connectivity index (χ1v) is 7.01. The fourth-order valence-electron chi connectivity index (χ4n) is 1.73. The molecule has 1 heterocycles. The summed E-state index contributed by atoms with van der Waals surface area (Å²) in [4.78, 5) is 10.8. The molecule has 0 saturated carbocycles. The Morgan fingerprint density at radius 3 is 2.95 bits per heavy atom. The highest BCUT2D eigenvalue weighted by molar-refractivity contribution is 7.85. The molecule has 9 heteroatoms. The minimum absolute atomic E-state index is 0.00572. The van der Waals surface area contributed by atoms with E-state index in [1.165, 1.54) is 18.2 Å². The summed E-state index contributed by atoms with van der Waals surface area (Å²) in [6.45, 7) is 0. The predicted octanol–water partition coefficient (Wildman–Crippen LogP) is 0.643. The van der Waals surface area contributed by atoms with Crippen molar-refractivity contribution in [1.29, 1.82) is 0 Å². The van der Waals surface area contributed by atoms with Crippen LogP contribution in [0.5, 0.6) is 0 Å². The van der Waals surface area contributed by atoms with Crippen LogP contribution in [0.15, 0.2) is 28.2 Å². The fourth-order valence-corrected chi connectivity index (χ4v) is 3.01. The standard InChI is InChI=1S/C10H10N4O3S2/c11-10(18)13-12-8-3-4-19(17)9-2-1-6(14(15)16)5-7(8)9/h1-2,5H,3-4H2,(H3,11,13,18)/b12-8+. The van der Waals surface area contributed by atoms with Gasteiger partial charge in [0, 0.05) is 34.8 Å². The van der Waals surface area contributed by atoms with Crippen LogP contribution in [-0.4, -0.2) is 25.7 Å². The molecule has 0 aromatic heterocycles. The minimum Gasteiger partial charge on any atom is -0.375 e. The van der Waals surface area contributed by atoms with E-state index < -0.39 is 15.7 Å². The van der Waals surface area contributed by atoms with Crippen molar-refractivity contribution < 1.29 is 9.13 Å². The van der Waals surface area contributed by atoms with Gasteiger partial charge in [-0.1, -0.05) is 0 Å². The van der Waals surface area contributed by atoms with Crippen molar-refractivity contribution in [1.82, 2.24) is 5.43 Å². The Hall–Kier alpha value is -1.87. The second kappa shape index (κ2) is 5.41. The van der Waals surface area contributed by atoms with Crippen LogP contribution in [0.4, 0.5) is 5.69 Å². The maximum absolute atomic E-state index is 11.9. The number of hydrogen-bond donors (Lipinski definition) is 2. The summed E-state index contributed by atoms with van der Waals surface area (Å²) in [5.74, 6) is 0.419. The van der Waals surface area contributed by atoms with Crippen molar-refractivity contribution in [2.75, 3.05) is 5.75 Å². The molecule has 3 N–H and O–H groups in total. The van der Waals surface area contributed by atoms with Crippen molar-refractivity contribution in [2.24, 2.45) is 10.8 Å². The Morgan fingerprint density at radius 2 is 2.32 bits per heavy atom. The van der Waals surface area contributed by atoms with E-state index in [-0.39, 0.29) is 10.8 Å². The largest absolute Gasteiger partial charge is 0.375 e. The SMILES string of the molecule is NC(=S)N/N=C1\CCS(=O)c2ccc([N+](=O)[O-])cc21. The Bertz CT molecular complexity index is 615. The molecule has 1 aromatic rings. The second-order valence-corrected chi connectivity index (χ2v) is 5.75. The molecule has 2 rings (SSSR count). The van der Waals surface area contributed by atoms with Gasteiger partial charge in [0.2, 0.25) is 0 Å². The number of nitro benzene ring substituents is 1. The van der Waals surface area contributed by atoms with Gasteiger partial charge in [0.1, 0.15) is 0 Å². The second-order valence-electron chi connectivity index (χ2n) is 3.77. The molecule has 1 aliphatic heterocycles. The highest BCUT2D eigenvalue weighted by atomic mass is 32.2. The van der Waals surface area contributed by atoms with E-state index in [1.807, 2.05) is 0 Å². The quantitative estimate of drug-likeness (QED) is 0.471. The van der Waals surface area contributed by atoms with Crippen LogP contribution in [0.3, 0.4) is 0 Å². The molecule has 1 atom stereocenters. The Morgan fingerprint density at radius 1 is 1.58 bits per heavy atom. The number of nitrogens with one attached hydrogen (secondary N) is 1. The van der Waals surface area contributed by atoms with E-state index in [0.717, 1.165) is 0 Å². The molecule has 0 saturated heterocycles. The molecular weight excluding hydrogens is 288 g/mol. The number of non-ortho nitro benzene ring substituents is 1. The maximum atomic E-state index is 11.9. The average Bonchev–Trinajstić information content (AvgIpc) is 2.37. The summed E-state index contributed by atoms with van der Waals surface area (Å²) in [5, 5.41) is 14.8. The molecule has 7 nitrogen and oxygen atoms in total. The lowest BCUT2D eigenvalue weighted by atomic mass is 10.1. The number of hydrazone groups is 1. The number of nitrogens with two attached hydrogens (primary N) is 1. The van der Waals surface area contributed by atoms with E-state index >= 15 is 0 Å². The van der Waals surface area contributed by atoms with Crippen LogP contribution in [0.25, 0.3) is 0 Å². The zero-order valence-electron chi connectivity index (χ0n) is 9.66. The lowest BCUT2D eigenvalue weighted by Gasteiger charge is -2.17. The van der Waals surface area contributed by atoms with Gasteiger partial charge >= 0.3 is 0 Å². The van der Waals surface area contributed by atoms with Gasteiger partial charge in [-0.15, -0.1) is 0 Å². The molecule has 0 bridgehead atoms. The number of nitrogens with zero attached hydrogens (tertiary/aromatic N) is 2. The van der Waals surface area contributed by atoms with Gasteiger partial charge < -0.3 is 5.73 Å². The van der Waals surface area contributed by atoms with Crippen molar-refractivity contribution in [3.63, 3.8) is 0 Å². The van der Waals surface area contributed by atoms with Crippen LogP contribution >= 0.6 is 12.2 Å². The minimum atomic E-state index is -1.17. The van der Waals surface area contributed by atoms with E-state index in [9.17, 15) is 14.3 Å². The van der Waals surface area contributed by atoms with Crippen molar-refractivity contribution in [3.05, 3.63) is 33.9 Å². The highest BCUT2D eigenvalue weighted by Crippen LogP contribution is 2.26. The molecular formula is C10H10N4O3S2. The van der Waals surface area contributed by atoms with Crippen molar-refractivity contribution >= 4 is 39.5 Å². The number of fused-ring (bicyclic) bond motifs is 1. The first-order chi connectivity index (χ1) is 8.99. The number of hydrogen-bond acceptors (Lipinski definition) is 5. The van der Waals surface area contributed by atoms with Crippen molar-refractivity contribution in [3.8, 4) is 0 Å². The Balaban J connectivity index is 2.49. The van der Waals surface area contributed by atoms with E-state index in [1.54, 1.807) is 0 Å². The molecule has 0 radical (unpaired) electrons. The summed E-state index contributed by atoms with van der Waals surface area (Å²) in [6, 6.07) is 4.20. The fraction of sp³-hybridized carbons (Fsp3) is 0.200. The summed E-state index contributed by atoms with van der Waals surface area (Å²) in [7, 11) is -1.17. The summed E-state index contributed by atoms with van der Waals surface area (Å²) in [5.41, 5.74) is 8.72. The smallest absolute Gasteiger partial charge is 0.270 e. The first-order valence-electron chi connectivity index (χ1n) is 5.28. The van der Waals surface area contributed by atoms with Crippen molar-refractivity contribution in [2.45, 2.75) is 11.3 Å². The summed E-state index contributed by atoms with van der Waals surface area (Å²) in [6.07, 6.45) is 0.441. The summed E-state index contributed by atoms with van der Waals surface area (Å²) >= 11 is 4.64. The number of thiocarbonyl (C=S) groups is 1. The van der Waals surface area contributed by atoms with E-state index in [4.69, 9.17) is 5.73 Å². The zero-order valence-corrected chi connectivity index (χ0v) is 11.3. The van der Waals surface area contributed by atoms with Gasteiger partial charge in [-0.3, -0.25) is 19.7 Å². The predicted molar refractivity (Wildman–Crippen MR) is 75.4 cm³/mol. The lowest BCUT2D eigenvalue weighted by Crippen LogP contribution is -2.27. The van der Waals surface area contributed by atoms with E-state index in [0.29, 0.717) is 28.3 Å². The maximum Gasteiger partial charge on any atom is 0.270 e. The first kappa shape index (κ1) is 13.6. The van der Waals surface area contributed by atoms with Gasteiger partial charge in [-0.05, 0) is 18.3 Å². The highest BCUT2D eigenvalue weighted by Gasteiger charge is 2.23. The number of rotatable bonds is 2. The van der Waals surface area contributed by atoms with Gasteiger partial charge in [0.25, 0.3) is 5.69 Å². The molecule has 1 aromatic carbocycles. The van der Waals surface area contributed by atoms with Gasteiger partial charge in [0.05, 0.1) is 21.4 Å². The number of benzene rings is 1. The monoisotopic (exact) mass is 298 g/mol. The molecule has 0 fully saturated rings. The molecule has 19 heavy (non-hydrogen) atoms. The molecule has 100 valence electrons. The normalized spacial score (nSPS) is 19.8. The van der Waals surface area contributed by atoms with Crippen LogP contribution in [0.2, 0.25) is 0 Å². The van der Waals surface area contributed by atoms with Gasteiger partial charge in [-0.25, -0.2) is 0 Å². The van der Waals surface area contributed by atoms with Crippen LogP contribution in [0.1, 0.15) is 12.0 Å². The lowest BCUT2D eigenvalue weighted by molar-refractivity contribution is -0.384. The third kappa shape index (κ3) is 2.93. The third-order valence-electron chi connectivity index (χ3n) is 2.56. The molecule has 0 amide bonds.